The van der Waals surface area contributed by atoms with Crippen molar-refractivity contribution < 1.29 is 9.59 Å². The molecule has 0 aliphatic carbocycles. The first-order chi connectivity index (χ1) is 8.75. The van der Waals surface area contributed by atoms with E-state index in [-0.39, 0.29) is 11.8 Å². The van der Waals surface area contributed by atoms with Crippen LogP contribution < -0.4 is 5.32 Å². The highest BCUT2D eigenvalue weighted by molar-refractivity contribution is 5.88. The molecule has 1 heterocycles. The lowest BCUT2D eigenvalue weighted by Crippen LogP contribution is -2.23. The zero-order valence-electron chi connectivity index (χ0n) is 10.1. The second-order valence-corrected chi connectivity index (χ2v) is 4.21. The van der Waals surface area contributed by atoms with Crippen LogP contribution >= 0.6 is 0 Å². The molecule has 1 aromatic carbocycles. The van der Waals surface area contributed by atoms with Crippen LogP contribution in [0.1, 0.15) is 18.4 Å². The summed E-state index contributed by atoms with van der Waals surface area (Å²) in [6.45, 7) is 1.21. The number of nitrogens with zero attached hydrogens (tertiary/aromatic N) is 1. The first-order valence-corrected chi connectivity index (χ1v) is 6.05. The number of hydrogen-bond acceptors (Lipinski definition) is 2. The molecule has 0 spiro atoms. The Bertz CT molecular complexity index is 454. The Morgan fingerprint density at radius 2 is 2.11 bits per heavy atom. The maximum absolute atomic E-state index is 11.5. The summed E-state index contributed by atoms with van der Waals surface area (Å²) >= 11 is 0. The minimum atomic E-state index is -0.182. The lowest BCUT2D eigenvalue weighted by Gasteiger charge is -2.08. The van der Waals surface area contributed by atoms with Crippen LogP contribution in [0.4, 0.5) is 0 Å². The van der Waals surface area contributed by atoms with Gasteiger partial charge in [-0.1, -0.05) is 30.3 Å². The SMILES string of the molecule is O=C(C=CN1CCCC1=O)NCc1ccccc1. The van der Waals surface area contributed by atoms with Crippen LogP contribution in [0, 0.1) is 0 Å². The average Bonchev–Trinajstić information content (AvgIpc) is 2.81. The minimum absolute atomic E-state index is 0.0853. The van der Waals surface area contributed by atoms with Crippen LogP contribution in [0.2, 0.25) is 0 Å². The third kappa shape index (κ3) is 3.45. The molecule has 2 amide bonds. The average molecular weight is 244 g/mol. The Morgan fingerprint density at radius 1 is 1.33 bits per heavy atom. The monoisotopic (exact) mass is 244 g/mol. The number of benzene rings is 1. The van der Waals surface area contributed by atoms with Crippen LogP contribution in [0.5, 0.6) is 0 Å². The molecule has 1 fully saturated rings. The van der Waals surface area contributed by atoms with Crippen molar-refractivity contribution in [3.05, 3.63) is 48.2 Å². The maximum atomic E-state index is 11.5. The van der Waals surface area contributed by atoms with Gasteiger partial charge in [0.05, 0.1) is 0 Å². The van der Waals surface area contributed by atoms with E-state index in [1.807, 2.05) is 30.3 Å². The Balaban J connectivity index is 1.78. The van der Waals surface area contributed by atoms with Gasteiger partial charge in [0.15, 0.2) is 0 Å². The Hall–Kier alpha value is -2.10. The quantitative estimate of drug-likeness (QED) is 0.815. The molecule has 0 atom stereocenters. The number of carbonyl (C=O) groups excluding carboxylic acids is 2. The number of hydrogen-bond donors (Lipinski definition) is 1. The van der Waals surface area contributed by atoms with Crippen molar-refractivity contribution in [1.29, 1.82) is 0 Å². The molecule has 0 radical (unpaired) electrons. The molecule has 1 aromatic rings. The van der Waals surface area contributed by atoms with E-state index in [4.69, 9.17) is 0 Å². The second kappa shape index (κ2) is 6.00. The fourth-order valence-corrected chi connectivity index (χ4v) is 1.83. The zero-order valence-corrected chi connectivity index (χ0v) is 10.1. The Morgan fingerprint density at radius 3 is 2.78 bits per heavy atom. The smallest absolute Gasteiger partial charge is 0.245 e. The van der Waals surface area contributed by atoms with E-state index in [0.29, 0.717) is 19.5 Å². The Kier molecular flexibility index (Phi) is 4.12. The molecule has 0 saturated carbocycles. The van der Waals surface area contributed by atoms with Crippen LogP contribution in [-0.2, 0) is 16.1 Å². The van der Waals surface area contributed by atoms with Gasteiger partial charge in [0.25, 0.3) is 0 Å². The molecule has 2 rings (SSSR count). The Labute approximate surface area is 106 Å². The summed E-state index contributed by atoms with van der Waals surface area (Å²) in [6, 6.07) is 9.70. The van der Waals surface area contributed by atoms with Gasteiger partial charge >= 0.3 is 0 Å². The number of amides is 2. The van der Waals surface area contributed by atoms with E-state index in [1.165, 1.54) is 6.08 Å². The molecule has 1 aliphatic heterocycles. The molecule has 0 aromatic heterocycles. The van der Waals surface area contributed by atoms with Gasteiger partial charge in [-0.3, -0.25) is 9.59 Å². The number of rotatable bonds is 4. The van der Waals surface area contributed by atoms with E-state index >= 15 is 0 Å². The van der Waals surface area contributed by atoms with Gasteiger partial charge in [0.2, 0.25) is 11.8 Å². The van der Waals surface area contributed by atoms with E-state index in [1.54, 1.807) is 11.1 Å². The molecular formula is C14H16N2O2. The normalized spacial score (nSPS) is 15.3. The summed E-state index contributed by atoms with van der Waals surface area (Å²) in [5.41, 5.74) is 1.05. The first kappa shape index (κ1) is 12.4. The molecule has 1 saturated heterocycles. The van der Waals surface area contributed by atoms with E-state index < -0.39 is 0 Å². The van der Waals surface area contributed by atoms with Gasteiger partial charge in [-0.25, -0.2) is 0 Å². The molecule has 0 unspecified atom stereocenters. The summed E-state index contributed by atoms with van der Waals surface area (Å²) in [5.74, 6) is -0.0966. The molecular weight excluding hydrogens is 228 g/mol. The molecule has 1 N–H and O–H groups in total. The molecule has 1 aliphatic rings. The lowest BCUT2D eigenvalue weighted by molar-refractivity contribution is -0.125. The lowest BCUT2D eigenvalue weighted by atomic mass is 10.2. The zero-order chi connectivity index (χ0) is 12.8. The van der Waals surface area contributed by atoms with E-state index in [9.17, 15) is 9.59 Å². The molecule has 0 bridgehead atoms. The molecule has 18 heavy (non-hydrogen) atoms. The van der Waals surface area contributed by atoms with Gasteiger partial charge in [-0.05, 0) is 12.0 Å². The van der Waals surface area contributed by atoms with E-state index in [0.717, 1.165) is 12.0 Å². The number of likely N-dealkylation sites (tertiary alicyclic amines) is 1. The predicted molar refractivity (Wildman–Crippen MR) is 68.4 cm³/mol. The molecule has 94 valence electrons. The molecule has 4 heteroatoms. The van der Waals surface area contributed by atoms with Gasteiger partial charge in [-0.15, -0.1) is 0 Å². The van der Waals surface area contributed by atoms with Crippen LogP contribution in [0.15, 0.2) is 42.6 Å². The first-order valence-electron chi connectivity index (χ1n) is 6.05. The van der Waals surface area contributed by atoms with Crippen molar-refractivity contribution in [3.8, 4) is 0 Å². The summed E-state index contributed by atoms with van der Waals surface area (Å²) in [4.78, 5) is 24.4. The van der Waals surface area contributed by atoms with Crippen LogP contribution in [0.25, 0.3) is 0 Å². The topological polar surface area (TPSA) is 49.4 Å². The highest BCUT2D eigenvalue weighted by atomic mass is 16.2. The highest BCUT2D eigenvalue weighted by Crippen LogP contribution is 2.09. The van der Waals surface area contributed by atoms with Crippen molar-refractivity contribution in [1.82, 2.24) is 10.2 Å². The van der Waals surface area contributed by atoms with Crippen LogP contribution in [-0.4, -0.2) is 23.3 Å². The fraction of sp³-hybridized carbons (Fsp3) is 0.286. The van der Waals surface area contributed by atoms with Crippen LogP contribution in [0.3, 0.4) is 0 Å². The van der Waals surface area contributed by atoms with Crippen molar-refractivity contribution in [2.45, 2.75) is 19.4 Å². The summed E-state index contributed by atoms with van der Waals surface area (Å²) in [5, 5.41) is 2.77. The third-order valence-electron chi connectivity index (χ3n) is 2.83. The van der Waals surface area contributed by atoms with Gasteiger partial charge in [-0.2, -0.15) is 0 Å². The number of nitrogens with one attached hydrogen (secondary N) is 1. The largest absolute Gasteiger partial charge is 0.348 e. The standard InChI is InChI=1S/C14H16N2O2/c17-13(8-10-16-9-4-7-14(16)18)15-11-12-5-2-1-3-6-12/h1-3,5-6,8,10H,4,7,9,11H2,(H,15,17). The summed E-state index contributed by atoms with van der Waals surface area (Å²) in [7, 11) is 0. The number of carbonyl (C=O) groups is 2. The second-order valence-electron chi connectivity index (χ2n) is 4.21. The summed E-state index contributed by atoms with van der Waals surface area (Å²) < 4.78 is 0. The fourth-order valence-electron chi connectivity index (χ4n) is 1.83. The minimum Gasteiger partial charge on any atom is -0.348 e. The summed E-state index contributed by atoms with van der Waals surface area (Å²) in [6.07, 6.45) is 4.42. The van der Waals surface area contributed by atoms with Gasteiger partial charge in [0.1, 0.15) is 0 Å². The highest BCUT2D eigenvalue weighted by Gasteiger charge is 2.17. The van der Waals surface area contributed by atoms with Crippen molar-refractivity contribution in [2.75, 3.05) is 6.54 Å². The maximum Gasteiger partial charge on any atom is 0.245 e. The van der Waals surface area contributed by atoms with Crippen molar-refractivity contribution in [2.24, 2.45) is 0 Å². The van der Waals surface area contributed by atoms with Crippen molar-refractivity contribution in [3.63, 3.8) is 0 Å². The van der Waals surface area contributed by atoms with Crippen molar-refractivity contribution >= 4 is 11.8 Å². The predicted octanol–water partition coefficient (Wildman–Crippen LogP) is 1.44. The third-order valence-corrected chi connectivity index (χ3v) is 2.83. The molecule has 4 nitrogen and oxygen atoms in total. The van der Waals surface area contributed by atoms with Gasteiger partial charge in [0, 0.05) is 31.8 Å². The van der Waals surface area contributed by atoms with Gasteiger partial charge < -0.3 is 10.2 Å². The van der Waals surface area contributed by atoms with E-state index in [2.05, 4.69) is 5.32 Å².